The van der Waals surface area contributed by atoms with E-state index in [0.29, 0.717) is 19.6 Å². The molecule has 1 atom stereocenters. The zero-order valence-electron chi connectivity index (χ0n) is 12.9. The SMILES string of the molecule is CC1CN(S(=O)(=O)c2ccccc2S(=O)(=O)N(C)C)CCN1. The average Bonchev–Trinajstić information content (AvgIpc) is 2.47. The number of nitrogens with one attached hydrogen (secondary N) is 1. The topological polar surface area (TPSA) is 86.8 Å². The van der Waals surface area contributed by atoms with Gasteiger partial charge in [0.05, 0.1) is 0 Å². The summed E-state index contributed by atoms with van der Waals surface area (Å²) >= 11 is 0. The second-order valence-corrected chi connectivity index (χ2v) is 9.48. The van der Waals surface area contributed by atoms with Gasteiger partial charge in [0, 0.05) is 39.8 Å². The molecule has 7 nitrogen and oxygen atoms in total. The molecule has 0 radical (unpaired) electrons. The standard InChI is InChI=1S/C13H21N3O4S2/c1-11-10-16(9-8-14-11)22(19,20)13-7-5-4-6-12(13)21(17,18)15(2)3/h4-7,11,14H,8-10H2,1-3H3. The van der Waals surface area contributed by atoms with Gasteiger partial charge < -0.3 is 5.32 Å². The summed E-state index contributed by atoms with van der Waals surface area (Å²) in [6.45, 7) is 3.08. The molecule has 124 valence electrons. The maximum atomic E-state index is 12.8. The molecule has 22 heavy (non-hydrogen) atoms. The molecule has 0 aliphatic carbocycles. The predicted molar refractivity (Wildman–Crippen MR) is 83.5 cm³/mol. The van der Waals surface area contributed by atoms with Crippen molar-refractivity contribution >= 4 is 20.0 Å². The third-order valence-electron chi connectivity index (χ3n) is 3.56. The van der Waals surface area contributed by atoms with E-state index in [1.807, 2.05) is 6.92 Å². The molecule has 1 unspecified atom stereocenters. The number of nitrogens with zero attached hydrogens (tertiary/aromatic N) is 2. The maximum Gasteiger partial charge on any atom is 0.244 e. The third kappa shape index (κ3) is 3.18. The Morgan fingerprint density at radius 2 is 1.73 bits per heavy atom. The molecule has 1 aliphatic rings. The highest BCUT2D eigenvalue weighted by atomic mass is 32.2. The molecule has 2 rings (SSSR count). The quantitative estimate of drug-likeness (QED) is 0.823. The number of benzene rings is 1. The Balaban J connectivity index is 2.53. The van der Waals surface area contributed by atoms with Crippen molar-refractivity contribution in [2.75, 3.05) is 33.7 Å². The molecule has 1 aromatic carbocycles. The lowest BCUT2D eigenvalue weighted by atomic mass is 10.3. The van der Waals surface area contributed by atoms with Gasteiger partial charge in [-0.15, -0.1) is 0 Å². The number of sulfonamides is 2. The first kappa shape index (κ1) is 17.4. The number of hydrogen-bond donors (Lipinski definition) is 1. The van der Waals surface area contributed by atoms with Crippen LogP contribution in [0.3, 0.4) is 0 Å². The van der Waals surface area contributed by atoms with E-state index in [1.54, 1.807) is 0 Å². The molecule has 1 fully saturated rings. The lowest BCUT2D eigenvalue weighted by Crippen LogP contribution is -2.51. The van der Waals surface area contributed by atoms with E-state index in [-0.39, 0.29) is 15.8 Å². The van der Waals surface area contributed by atoms with Crippen LogP contribution in [0.4, 0.5) is 0 Å². The molecule has 1 N–H and O–H groups in total. The van der Waals surface area contributed by atoms with Crippen LogP contribution in [-0.2, 0) is 20.0 Å². The third-order valence-corrected chi connectivity index (χ3v) is 7.48. The van der Waals surface area contributed by atoms with Gasteiger partial charge in [0.25, 0.3) is 0 Å². The summed E-state index contributed by atoms with van der Waals surface area (Å²) in [5, 5.41) is 3.17. The Labute approximate surface area is 132 Å². The van der Waals surface area contributed by atoms with Crippen LogP contribution in [0, 0.1) is 0 Å². The van der Waals surface area contributed by atoms with E-state index in [0.717, 1.165) is 4.31 Å². The highest BCUT2D eigenvalue weighted by molar-refractivity contribution is 7.92. The highest BCUT2D eigenvalue weighted by Crippen LogP contribution is 2.26. The number of hydrogen-bond acceptors (Lipinski definition) is 5. The lowest BCUT2D eigenvalue weighted by molar-refractivity contribution is 0.309. The zero-order chi connectivity index (χ0) is 16.5. The van der Waals surface area contributed by atoms with Crippen LogP contribution < -0.4 is 5.32 Å². The fourth-order valence-corrected chi connectivity index (χ4v) is 5.53. The second kappa shape index (κ2) is 6.25. The summed E-state index contributed by atoms with van der Waals surface area (Å²) < 4.78 is 52.8. The minimum atomic E-state index is -3.85. The van der Waals surface area contributed by atoms with Crippen molar-refractivity contribution in [1.29, 1.82) is 0 Å². The minimum Gasteiger partial charge on any atom is -0.312 e. The Morgan fingerprint density at radius 3 is 2.27 bits per heavy atom. The molecule has 1 aliphatic heterocycles. The molecule has 1 heterocycles. The summed E-state index contributed by atoms with van der Waals surface area (Å²) in [5.74, 6) is 0. The minimum absolute atomic E-state index is 0.0288. The molecule has 1 aromatic rings. The van der Waals surface area contributed by atoms with Gasteiger partial charge >= 0.3 is 0 Å². The first-order chi connectivity index (χ1) is 10.2. The van der Waals surface area contributed by atoms with E-state index in [1.165, 1.54) is 42.7 Å². The van der Waals surface area contributed by atoms with E-state index in [4.69, 9.17) is 0 Å². The van der Waals surface area contributed by atoms with E-state index >= 15 is 0 Å². The van der Waals surface area contributed by atoms with E-state index in [2.05, 4.69) is 5.32 Å². The first-order valence-corrected chi connectivity index (χ1v) is 9.80. The second-order valence-electron chi connectivity index (χ2n) is 5.45. The van der Waals surface area contributed by atoms with Crippen molar-refractivity contribution in [2.24, 2.45) is 0 Å². The smallest absolute Gasteiger partial charge is 0.244 e. The Bertz CT molecular complexity index is 744. The van der Waals surface area contributed by atoms with Crippen molar-refractivity contribution < 1.29 is 16.8 Å². The lowest BCUT2D eigenvalue weighted by Gasteiger charge is -2.31. The van der Waals surface area contributed by atoms with Crippen molar-refractivity contribution in [3.63, 3.8) is 0 Å². The van der Waals surface area contributed by atoms with Crippen LogP contribution in [0.25, 0.3) is 0 Å². The van der Waals surface area contributed by atoms with Gasteiger partial charge in [-0.2, -0.15) is 4.31 Å². The number of piperazine rings is 1. The molecule has 0 aromatic heterocycles. The molecule has 0 bridgehead atoms. The van der Waals surface area contributed by atoms with Gasteiger partial charge in [-0.25, -0.2) is 21.1 Å². The summed E-state index contributed by atoms with van der Waals surface area (Å²) in [7, 11) is -4.92. The van der Waals surface area contributed by atoms with Gasteiger partial charge in [0.2, 0.25) is 20.0 Å². The fourth-order valence-electron chi connectivity index (χ4n) is 2.33. The van der Waals surface area contributed by atoms with Crippen LogP contribution in [-0.4, -0.2) is 65.2 Å². The average molecular weight is 347 g/mol. The summed E-state index contributed by atoms with van der Waals surface area (Å²) in [4.78, 5) is -0.357. The van der Waals surface area contributed by atoms with Crippen molar-refractivity contribution in [3.05, 3.63) is 24.3 Å². The largest absolute Gasteiger partial charge is 0.312 e. The van der Waals surface area contributed by atoms with Crippen LogP contribution in [0.15, 0.2) is 34.1 Å². The molecule has 0 saturated carbocycles. The van der Waals surface area contributed by atoms with Gasteiger partial charge in [0.1, 0.15) is 9.79 Å². The van der Waals surface area contributed by atoms with Gasteiger partial charge in [-0.1, -0.05) is 12.1 Å². The Hall–Kier alpha value is -1.00. The Morgan fingerprint density at radius 1 is 1.14 bits per heavy atom. The van der Waals surface area contributed by atoms with Crippen LogP contribution >= 0.6 is 0 Å². The van der Waals surface area contributed by atoms with Crippen LogP contribution in [0.1, 0.15) is 6.92 Å². The van der Waals surface area contributed by atoms with Crippen LogP contribution in [0.2, 0.25) is 0 Å². The molecule has 1 saturated heterocycles. The normalized spacial score (nSPS) is 21.2. The fraction of sp³-hybridized carbons (Fsp3) is 0.538. The van der Waals surface area contributed by atoms with Gasteiger partial charge in [0.15, 0.2) is 0 Å². The van der Waals surface area contributed by atoms with Crippen molar-refractivity contribution in [3.8, 4) is 0 Å². The van der Waals surface area contributed by atoms with Crippen molar-refractivity contribution in [2.45, 2.75) is 22.8 Å². The molecule has 9 heteroatoms. The van der Waals surface area contributed by atoms with Gasteiger partial charge in [-0.3, -0.25) is 0 Å². The van der Waals surface area contributed by atoms with E-state index < -0.39 is 20.0 Å². The number of rotatable bonds is 4. The molecule has 0 spiro atoms. The maximum absolute atomic E-state index is 12.8. The molecule has 0 amide bonds. The summed E-state index contributed by atoms with van der Waals surface area (Å²) in [6, 6.07) is 5.76. The first-order valence-electron chi connectivity index (χ1n) is 6.92. The summed E-state index contributed by atoms with van der Waals surface area (Å²) in [6.07, 6.45) is 0. The Kier molecular flexibility index (Phi) is 4.93. The highest BCUT2D eigenvalue weighted by Gasteiger charge is 2.33. The zero-order valence-corrected chi connectivity index (χ0v) is 14.5. The summed E-state index contributed by atoms with van der Waals surface area (Å²) in [5.41, 5.74) is 0. The van der Waals surface area contributed by atoms with E-state index in [9.17, 15) is 16.8 Å². The van der Waals surface area contributed by atoms with Crippen molar-refractivity contribution in [1.82, 2.24) is 13.9 Å². The molecular weight excluding hydrogens is 326 g/mol. The van der Waals surface area contributed by atoms with Gasteiger partial charge in [-0.05, 0) is 19.1 Å². The molecular formula is C13H21N3O4S2. The monoisotopic (exact) mass is 347 g/mol. The predicted octanol–water partition coefficient (Wildman–Crippen LogP) is -0.0807. The van der Waals surface area contributed by atoms with Crippen LogP contribution in [0.5, 0.6) is 0 Å².